The number of alkyl halides is 3. The SMILES string of the molecule is NC(=O)c1ccccc1NC(=O)C(=O)Nc1ccc(Cl)c(C(F)(F)F)c1. The van der Waals surface area contributed by atoms with E-state index in [2.05, 4.69) is 5.32 Å². The molecule has 0 fully saturated rings. The first-order valence-corrected chi connectivity index (χ1v) is 7.35. The summed E-state index contributed by atoms with van der Waals surface area (Å²) >= 11 is 5.48. The predicted molar refractivity (Wildman–Crippen MR) is 88.7 cm³/mol. The minimum Gasteiger partial charge on any atom is -0.366 e. The summed E-state index contributed by atoms with van der Waals surface area (Å²) < 4.78 is 38.4. The van der Waals surface area contributed by atoms with Gasteiger partial charge in [0.15, 0.2) is 0 Å². The number of nitrogens with two attached hydrogens (primary N) is 1. The van der Waals surface area contributed by atoms with E-state index in [1.165, 1.54) is 24.3 Å². The fourth-order valence-electron chi connectivity index (χ4n) is 1.99. The molecular weight excluding hydrogens is 375 g/mol. The minimum atomic E-state index is -4.72. The fraction of sp³-hybridized carbons (Fsp3) is 0.0625. The van der Waals surface area contributed by atoms with E-state index in [1.54, 1.807) is 0 Å². The van der Waals surface area contributed by atoms with Crippen molar-refractivity contribution in [1.82, 2.24) is 0 Å². The van der Waals surface area contributed by atoms with E-state index < -0.39 is 34.5 Å². The van der Waals surface area contributed by atoms with Gasteiger partial charge in [0.2, 0.25) is 0 Å². The van der Waals surface area contributed by atoms with Gasteiger partial charge in [0.25, 0.3) is 5.91 Å². The summed E-state index contributed by atoms with van der Waals surface area (Å²) in [5.74, 6) is -3.25. The monoisotopic (exact) mass is 385 g/mol. The van der Waals surface area contributed by atoms with Crippen LogP contribution in [0.3, 0.4) is 0 Å². The molecule has 2 aromatic rings. The highest BCUT2D eigenvalue weighted by Crippen LogP contribution is 2.36. The number of rotatable bonds is 3. The van der Waals surface area contributed by atoms with E-state index in [0.717, 1.165) is 12.1 Å². The summed E-state index contributed by atoms with van der Waals surface area (Å²) in [6.07, 6.45) is -4.72. The van der Waals surface area contributed by atoms with E-state index >= 15 is 0 Å². The van der Waals surface area contributed by atoms with E-state index in [-0.39, 0.29) is 16.9 Å². The number of halogens is 4. The molecule has 0 aliphatic heterocycles. The third-order valence-corrected chi connectivity index (χ3v) is 3.51. The van der Waals surface area contributed by atoms with Crippen molar-refractivity contribution < 1.29 is 27.6 Å². The number of hydrogen-bond acceptors (Lipinski definition) is 3. The van der Waals surface area contributed by atoms with Gasteiger partial charge in [-0.05, 0) is 30.3 Å². The zero-order chi connectivity index (χ0) is 19.5. The Morgan fingerprint density at radius 3 is 2.19 bits per heavy atom. The number of primary amides is 1. The number of carbonyl (C=O) groups is 3. The van der Waals surface area contributed by atoms with Crippen LogP contribution in [-0.4, -0.2) is 17.7 Å². The van der Waals surface area contributed by atoms with E-state index in [0.29, 0.717) is 6.07 Å². The normalized spacial score (nSPS) is 10.9. The first-order chi connectivity index (χ1) is 12.1. The highest BCUT2D eigenvalue weighted by Gasteiger charge is 2.33. The summed E-state index contributed by atoms with van der Waals surface area (Å²) in [6, 6.07) is 8.34. The van der Waals surface area contributed by atoms with Gasteiger partial charge in [0.05, 0.1) is 21.8 Å². The quantitative estimate of drug-likeness (QED) is 0.708. The maximum Gasteiger partial charge on any atom is 0.417 e. The Kier molecular flexibility index (Phi) is 5.51. The average Bonchev–Trinajstić information content (AvgIpc) is 2.55. The zero-order valence-corrected chi connectivity index (χ0v) is 13.6. The van der Waals surface area contributed by atoms with Crippen LogP contribution >= 0.6 is 11.6 Å². The molecular formula is C16H11ClF3N3O3. The molecule has 2 aromatic carbocycles. The molecule has 10 heteroatoms. The van der Waals surface area contributed by atoms with Crippen LogP contribution in [0.2, 0.25) is 5.02 Å². The molecule has 4 N–H and O–H groups in total. The summed E-state index contributed by atoms with van der Waals surface area (Å²) in [7, 11) is 0. The Balaban J connectivity index is 2.16. The molecule has 6 nitrogen and oxygen atoms in total. The van der Waals surface area contributed by atoms with Crippen molar-refractivity contribution in [1.29, 1.82) is 0 Å². The fourth-order valence-corrected chi connectivity index (χ4v) is 2.22. The number of hydrogen-bond donors (Lipinski definition) is 3. The third kappa shape index (κ3) is 4.51. The molecule has 0 spiro atoms. The summed E-state index contributed by atoms with van der Waals surface area (Å²) in [4.78, 5) is 35.1. The molecule has 0 saturated heterocycles. The summed E-state index contributed by atoms with van der Waals surface area (Å²) in [5, 5.41) is 3.65. The first kappa shape index (κ1) is 19.3. The molecule has 0 saturated carbocycles. The smallest absolute Gasteiger partial charge is 0.366 e. The van der Waals surface area contributed by atoms with Crippen LogP contribution in [-0.2, 0) is 15.8 Å². The second-order valence-corrected chi connectivity index (χ2v) is 5.42. The van der Waals surface area contributed by atoms with Crippen LogP contribution in [0.25, 0.3) is 0 Å². The predicted octanol–water partition coefficient (Wildman–Crippen LogP) is 3.03. The topological polar surface area (TPSA) is 101 Å². The molecule has 0 unspecified atom stereocenters. The van der Waals surface area contributed by atoms with Gasteiger partial charge in [-0.2, -0.15) is 13.2 Å². The number of anilines is 2. The maximum absolute atomic E-state index is 12.8. The lowest BCUT2D eigenvalue weighted by atomic mass is 10.1. The molecule has 0 bridgehead atoms. The zero-order valence-electron chi connectivity index (χ0n) is 12.9. The van der Waals surface area contributed by atoms with Crippen molar-refractivity contribution in [2.75, 3.05) is 10.6 Å². The number of amides is 3. The van der Waals surface area contributed by atoms with E-state index in [9.17, 15) is 27.6 Å². The highest BCUT2D eigenvalue weighted by molar-refractivity contribution is 6.44. The van der Waals surface area contributed by atoms with Crippen molar-refractivity contribution in [3.05, 3.63) is 58.6 Å². The van der Waals surface area contributed by atoms with Gasteiger partial charge < -0.3 is 16.4 Å². The van der Waals surface area contributed by atoms with Gasteiger partial charge in [-0.1, -0.05) is 23.7 Å². The van der Waals surface area contributed by atoms with Crippen LogP contribution in [0.4, 0.5) is 24.5 Å². The van der Waals surface area contributed by atoms with Crippen LogP contribution in [0.5, 0.6) is 0 Å². The van der Waals surface area contributed by atoms with Crippen molar-refractivity contribution in [2.24, 2.45) is 5.73 Å². The molecule has 3 amide bonds. The van der Waals surface area contributed by atoms with Crippen LogP contribution in [0.15, 0.2) is 42.5 Å². The minimum absolute atomic E-state index is 0.00719. The van der Waals surface area contributed by atoms with Gasteiger partial charge in [-0.25, -0.2) is 0 Å². The van der Waals surface area contributed by atoms with Crippen molar-refractivity contribution in [3.8, 4) is 0 Å². The Morgan fingerprint density at radius 2 is 1.58 bits per heavy atom. The number of para-hydroxylation sites is 1. The lowest BCUT2D eigenvalue weighted by Crippen LogP contribution is -2.30. The van der Waals surface area contributed by atoms with Gasteiger partial charge >= 0.3 is 18.0 Å². The molecule has 0 radical (unpaired) electrons. The standard InChI is InChI=1S/C16H11ClF3N3O3/c17-11-6-5-8(7-10(11)16(18,19)20)22-14(25)15(26)23-12-4-2-1-3-9(12)13(21)24/h1-7H,(H2,21,24)(H,22,25)(H,23,26). The largest absolute Gasteiger partial charge is 0.417 e. The van der Waals surface area contributed by atoms with Gasteiger partial charge in [0, 0.05) is 5.69 Å². The maximum atomic E-state index is 12.8. The number of nitrogens with one attached hydrogen (secondary N) is 2. The molecule has 0 atom stereocenters. The van der Waals surface area contributed by atoms with Gasteiger partial charge in [-0.15, -0.1) is 0 Å². The second kappa shape index (κ2) is 7.44. The Morgan fingerprint density at radius 1 is 0.962 bits per heavy atom. The average molecular weight is 386 g/mol. The molecule has 0 aliphatic carbocycles. The molecule has 26 heavy (non-hydrogen) atoms. The lowest BCUT2D eigenvalue weighted by Gasteiger charge is -2.12. The van der Waals surface area contributed by atoms with Crippen molar-refractivity contribution >= 4 is 40.7 Å². The first-order valence-electron chi connectivity index (χ1n) is 6.97. The molecule has 136 valence electrons. The van der Waals surface area contributed by atoms with Crippen LogP contribution in [0, 0.1) is 0 Å². The number of carbonyl (C=O) groups excluding carboxylic acids is 3. The highest BCUT2D eigenvalue weighted by atomic mass is 35.5. The molecule has 2 rings (SSSR count). The van der Waals surface area contributed by atoms with Gasteiger partial charge in [-0.3, -0.25) is 14.4 Å². The van der Waals surface area contributed by atoms with E-state index in [4.69, 9.17) is 17.3 Å². The van der Waals surface area contributed by atoms with Gasteiger partial charge in [0.1, 0.15) is 0 Å². The van der Waals surface area contributed by atoms with Crippen LogP contribution in [0.1, 0.15) is 15.9 Å². The second-order valence-electron chi connectivity index (χ2n) is 5.01. The number of benzene rings is 2. The molecule has 0 heterocycles. The Bertz CT molecular complexity index is 885. The van der Waals surface area contributed by atoms with Crippen molar-refractivity contribution in [3.63, 3.8) is 0 Å². The van der Waals surface area contributed by atoms with Crippen LogP contribution < -0.4 is 16.4 Å². The third-order valence-electron chi connectivity index (χ3n) is 3.18. The molecule has 0 aromatic heterocycles. The van der Waals surface area contributed by atoms with Crippen molar-refractivity contribution in [2.45, 2.75) is 6.18 Å². The Labute approximate surface area is 150 Å². The molecule has 0 aliphatic rings. The van der Waals surface area contributed by atoms with E-state index in [1.807, 2.05) is 5.32 Å². The summed E-state index contributed by atoms with van der Waals surface area (Å²) in [5.41, 5.74) is 3.69. The summed E-state index contributed by atoms with van der Waals surface area (Å²) in [6.45, 7) is 0. The lowest BCUT2D eigenvalue weighted by molar-refractivity contribution is -0.137. The Hall–Kier alpha value is -3.07.